The molecule has 63 heavy (non-hydrogen) atoms. The van der Waals surface area contributed by atoms with Crippen molar-refractivity contribution in [3.8, 4) is 0 Å². The maximum atomic E-state index is 2.96. The summed E-state index contributed by atoms with van der Waals surface area (Å²) in [6.45, 7) is 32.6. The molecule has 0 aromatic heterocycles. The minimum atomic E-state index is -0.261. The van der Waals surface area contributed by atoms with Crippen molar-refractivity contribution >= 4 is 23.6 Å². The molecule has 1 fully saturated rings. The van der Waals surface area contributed by atoms with Gasteiger partial charge in [0.25, 0.3) is 0 Å². The first-order valence-electron chi connectivity index (χ1n) is 24.8. The highest BCUT2D eigenvalue weighted by atomic mass is 15.3. The molecule has 0 saturated carbocycles. The molecule has 6 bridgehead atoms. The van der Waals surface area contributed by atoms with Gasteiger partial charge in [0.1, 0.15) is 0 Å². The van der Waals surface area contributed by atoms with Gasteiger partial charge < -0.3 is 9.80 Å². The van der Waals surface area contributed by atoms with Crippen molar-refractivity contribution in [3.05, 3.63) is 160 Å². The molecular formula is C60H73BN2. The standard InChI is InChI=1S/C60H73BN2/c1-55(2,3)38-25-26-50-48(33-38)61-49-34-43(57(7,8)9)31-46-47-32-39(56(4,5)6)27-28-59(47,12)63(54(46)49)52-36-44-35-51(53(52)61)62(50)45-24-18-22-41(30-45)58(10,11)40-21-17-23-42(29-40)60(44,13)37-19-15-14-16-20-37/h14-21,24-25,27-30,32,34-36,41-42,46-48,50H,22-23,26,31,33H2,1-13H3. The third-order valence-electron chi connectivity index (χ3n) is 18.4. The van der Waals surface area contributed by atoms with Crippen LogP contribution < -0.4 is 15.3 Å². The largest absolute Gasteiger partial charge is 0.339 e. The van der Waals surface area contributed by atoms with E-state index in [1.807, 2.05) is 0 Å². The molecule has 3 heteroatoms. The summed E-state index contributed by atoms with van der Waals surface area (Å²) >= 11 is 0. The summed E-state index contributed by atoms with van der Waals surface area (Å²) in [5.41, 5.74) is 18.2. The Morgan fingerprint density at radius 3 is 2.10 bits per heavy atom. The quantitative estimate of drug-likeness (QED) is 0.209. The molecule has 0 spiro atoms. The lowest BCUT2D eigenvalue weighted by atomic mass is 9.26. The van der Waals surface area contributed by atoms with Gasteiger partial charge in [0.2, 0.25) is 6.71 Å². The monoisotopic (exact) mass is 833 g/mol. The van der Waals surface area contributed by atoms with Gasteiger partial charge in [0.15, 0.2) is 0 Å². The van der Waals surface area contributed by atoms with Crippen LogP contribution in [0, 0.1) is 45.3 Å². The van der Waals surface area contributed by atoms with E-state index in [4.69, 9.17) is 0 Å². The van der Waals surface area contributed by atoms with Crippen LogP contribution in [0.15, 0.2) is 148 Å². The predicted molar refractivity (Wildman–Crippen MR) is 270 cm³/mol. The molecule has 4 heterocycles. The fourth-order valence-electron chi connectivity index (χ4n) is 14.2. The first-order valence-corrected chi connectivity index (χ1v) is 24.8. The fourth-order valence-corrected chi connectivity index (χ4v) is 14.2. The van der Waals surface area contributed by atoms with E-state index >= 15 is 0 Å². The van der Waals surface area contributed by atoms with Gasteiger partial charge in [-0.25, -0.2) is 0 Å². The predicted octanol–water partition coefficient (Wildman–Crippen LogP) is 14.6. The lowest BCUT2D eigenvalue weighted by Gasteiger charge is -2.56. The Morgan fingerprint density at radius 2 is 1.38 bits per heavy atom. The number of allylic oxidation sites excluding steroid dienone is 14. The molecular weight excluding hydrogens is 759 g/mol. The summed E-state index contributed by atoms with van der Waals surface area (Å²) in [5.74, 6) is 1.97. The van der Waals surface area contributed by atoms with Crippen LogP contribution in [0.3, 0.4) is 0 Å². The molecule has 326 valence electrons. The van der Waals surface area contributed by atoms with E-state index in [9.17, 15) is 0 Å². The van der Waals surface area contributed by atoms with Crippen molar-refractivity contribution in [2.24, 2.45) is 45.3 Å². The second-order valence-corrected chi connectivity index (χ2v) is 25.3. The zero-order valence-corrected chi connectivity index (χ0v) is 40.9. The highest BCUT2D eigenvalue weighted by Gasteiger charge is 2.62. The fraction of sp³-hybridized carbons (Fsp3) is 0.500. The average Bonchev–Trinajstić information content (AvgIpc) is 3.51. The van der Waals surface area contributed by atoms with E-state index in [1.165, 1.54) is 39.3 Å². The number of nitrogens with zero attached hydrogens (tertiary/aromatic N) is 2. The number of hydrogen-bond acceptors (Lipinski definition) is 2. The van der Waals surface area contributed by atoms with Crippen LogP contribution in [0.5, 0.6) is 0 Å². The van der Waals surface area contributed by atoms with Gasteiger partial charge in [-0.15, -0.1) is 0 Å². The van der Waals surface area contributed by atoms with Gasteiger partial charge in [-0.3, -0.25) is 0 Å². The van der Waals surface area contributed by atoms with Crippen molar-refractivity contribution in [3.63, 3.8) is 0 Å². The van der Waals surface area contributed by atoms with Gasteiger partial charge in [-0.05, 0) is 124 Å². The van der Waals surface area contributed by atoms with E-state index in [0.29, 0.717) is 42.2 Å². The molecule has 11 rings (SSSR count). The van der Waals surface area contributed by atoms with E-state index in [2.05, 4.69) is 209 Å². The van der Waals surface area contributed by atoms with Crippen LogP contribution in [0.2, 0.25) is 5.82 Å². The van der Waals surface area contributed by atoms with Crippen LogP contribution >= 0.6 is 0 Å². The molecule has 8 unspecified atom stereocenters. The van der Waals surface area contributed by atoms with Gasteiger partial charge in [0, 0.05) is 46.1 Å². The Bertz CT molecular complexity index is 2600. The molecule has 1 saturated heterocycles. The zero-order chi connectivity index (χ0) is 44.4. The van der Waals surface area contributed by atoms with Gasteiger partial charge >= 0.3 is 0 Å². The Balaban J connectivity index is 1.28. The third kappa shape index (κ3) is 5.88. The molecule has 0 radical (unpaired) electrons. The summed E-state index contributed by atoms with van der Waals surface area (Å²) < 4.78 is 0. The molecule has 5 aliphatic carbocycles. The normalized spacial score (nSPS) is 33.5. The molecule has 0 N–H and O–H groups in total. The number of rotatable bonds is 1. The Morgan fingerprint density at radius 1 is 0.683 bits per heavy atom. The molecule has 9 aliphatic rings. The summed E-state index contributed by atoms with van der Waals surface area (Å²) in [5, 5.41) is 0. The highest BCUT2D eigenvalue weighted by Crippen LogP contribution is 2.63. The lowest BCUT2D eigenvalue weighted by molar-refractivity contribution is 0.314. The SMILES string of the molecule is CC(C)(C)C1=CC2C3CC(C(C)(C)C)=CC4=C3N(c3cc5cc6c3B4C3CC(C(C)(C)C)=CCC3N6C3=CC(CC=C3)C(C)(C)C3=CC(CC=C3)C5(C)c3ccccc3)C2(C)C=C1. The summed E-state index contributed by atoms with van der Waals surface area (Å²) in [6, 6.07) is 17.5. The van der Waals surface area contributed by atoms with Crippen LogP contribution in [0.4, 0.5) is 11.4 Å². The highest BCUT2D eigenvalue weighted by molar-refractivity contribution is 6.85. The summed E-state index contributed by atoms with van der Waals surface area (Å²) in [6.07, 6.45) is 34.3. The number of fused-ring (bicyclic) bond motifs is 12. The van der Waals surface area contributed by atoms with Crippen molar-refractivity contribution in [1.29, 1.82) is 0 Å². The Kier molecular flexibility index (Phi) is 8.83. The average molecular weight is 833 g/mol. The molecule has 8 atom stereocenters. The Hall–Kier alpha value is -4.24. The van der Waals surface area contributed by atoms with E-state index in [-0.39, 0.29) is 32.6 Å². The van der Waals surface area contributed by atoms with Crippen molar-refractivity contribution in [1.82, 2.24) is 0 Å². The van der Waals surface area contributed by atoms with E-state index in [1.54, 1.807) is 27.8 Å². The topological polar surface area (TPSA) is 6.48 Å². The molecule has 2 aromatic carbocycles. The third-order valence-corrected chi connectivity index (χ3v) is 18.4. The number of benzene rings is 2. The smallest absolute Gasteiger partial charge is 0.222 e. The van der Waals surface area contributed by atoms with E-state index < -0.39 is 0 Å². The molecule has 2 aromatic rings. The number of anilines is 2. The van der Waals surface area contributed by atoms with Crippen molar-refractivity contribution in [2.45, 2.75) is 145 Å². The van der Waals surface area contributed by atoms with Crippen LogP contribution in [0.1, 0.15) is 133 Å². The zero-order valence-electron chi connectivity index (χ0n) is 40.9. The first kappa shape index (κ1) is 41.5. The van der Waals surface area contributed by atoms with E-state index in [0.717, 1.165) is 32.1 Å². The van der Waals surface area contributed by atoms with Crippen LogP contribution in [-0.2, 0) is 5.41 Å². The molecule has 2 nitrogen and oxygen atoms in total. The maximum Gasteiger partial charge on any atom is 0.222 e. The molecule has 4 aliphatic heterocycles. The van der Waals surface area contributed by atoms with Crippen molar-refractivity contribution < 1.29 is 0 Å². The second kappa shape index (κ2) is 13.4. The Labute approximate surface area is 381 Å². The van der Waals surface area contributed by atoms with Crippen LogP contribution in [0.25, 0.3) is 0 Å². The van der Waals surface area contributed by atoms with Gasteiger partial charge in [-0.2, -0.15) is 0 Å². The minimum absolute atomic E-state index is 0.0183. The molecule has 0 amide bonds. The van der Waals surface area contributed by atoms with Crippen LogP contribution in [-0.4, -0.2) is 18.3 Å². The van der Waals surface area contributed by atoms with Gasteiger partial charge in [-0.1, -0.05) is 191 Å². The minimum Gasteiger partial charge on any atom is -0.339 e. The maximum absolute atomic E-state index is 2.96. The summed E-state index contributed by atoms with van der Waals surface area (Å²) in [7, 11) is 0. The lowest BCUT2D eigenvalue weighted by Crippen LogP contribution is -2.61. The second-order valence-electron chi connectivity index (χ2n) is 25.3. The first-order chi connectivity index (χ1) is 29.6. The summed E-state index contributed by atoms with van der Waals surface area (Å²) in [4.78, 5) is 5.88. The number of hydrogen-bond donors (Lipinski definition) is 0. The van der Waals surface area contributed by atoms with Gasteiger partial charge in [0.05, 0.1) is 5.54 Å². The van der Waals surface area contributed by atoms with Crippen molar-refractivity contribution in [2.75, 3.05) is 9.80 Å².